The maximum Gasteiger partial charge on any atom is 0.318 e. The van der Waals surface area contributed by atoms with Crippen LogP contribution in [0.5, 0.6) is 5.75 Å². The van der Waals surface area contributed by atoms with Crippen LogP contribution in [0.2, 0.25) is 0 Å². The van der Waals surface area contributed by atoms with Crippen molar-refractivity contribution in [1.82, 2.24) is 20.9 Å². The van der Waals surface area contributed by atoms with Gasteiger partial charge in [0.05, 0.1) is 17.7 Å². The van der Waals surface area contributed by atoms with Crippen molar-refractivity contribution in [3.63, 3.8) is 0 Å². The minimum Gasteiger partial charge on any atom is -0.483 e. The predicted molar refractivity (Wildman–Crippen MR) is 198 cm³/mol. The van der Waals surface area contributed by atoms with E-state index in [-0.39, 0.29) is 36.4 Å². The summed E-state index contributed by atoms with van der Waals surface area (Å²) in [5.74, 6) is 0.159. The van der Waals surface area contributed by atoms with E-state index in [1.54, 1.807) is 4.90 Å². The van der Waals surface area contributed by atoms with E-state index in [9.17, 15) is 14.4 Å². The fourth-order valence-corrected chi connectivity index (χ4v) is 6.68. The number of amides is 4. The first kappa shape index (κ1) is 38.4. The number of nitrogens with zero attached hydrogens (tertiary/aromatic N) is 1. The van der Waals surface area contributed by atoms with Crippen LogP contribution in [0.3, 0.4) is 0 Å². The van der Waals surface area contributed by atoms with Gasteiger partial charge in [-0.2, -0.15) is 0 Å². The predicted octanol–water partition coefficient (Wildman–Crippen LogP) is 6.15. The van der Waals surface area contributed by atoms with Crippen molar-refractivity contribution in [2.24, 2.45) is 5.92 Å². The Labute approximate surface area is 298 Å². The number of carbonyl (C=O) groups is 3. The Balaban J connectivity index is 1.64. The number of aryl methyl sites for hydroxylation is 2. The molecule has 0 bridgehead atoms. The molecule has 3 N–H and O–H groups in total. The van der Waals surface area contributed by atoms with Gasteiger partial charge >= 0.3 is 6.03 Å². The Hall–Kier alpha value is -4.37. The van der Waals surface area contributed by atoms with Crippen LogP contribution in [0.25, 0.3) is 0 Å². The molecule has 4 amide bonds. The van der Waals surface area contributed by atoms with Gasteiger partial charge in [-0.15, -0.1) is 0 Å². The molecule has 3 aromatic rings. The summed E-state index contributed by atoms with van der Waals surface area (Å²) in [5, 5.41) is 9.48. The van der Waals surface area contributed by atoms with Gasteiger partial charge in [-0.1, -0.05) is 92.7 Å². The molecular formula is C41H56N4O5. The van der Waals surface area contributed by atoms with E-state index < -0.39 is 23.8 Å². The molecule has 50 heavy (non-hydrogen) atoms. The third kappa shape index (κ3) is 11.6. The minimum atomic E-state index is -0.627. The highest BCUT2D eigenvalue weighted by atomic mass is 16.5. The zero-order chi connectivity index (χ0) is 36.3. The summed E-state index contributed by atoms with van der Waals surface area (Å²) < 4.78 is 12.8. The first-order valence-electron chi connectivity index (χ1n) is 17.9. The summed E-state index contributed by atoms with van der Waals surface area (Å²) in [5.41, 5.74) is 3.50. The molecule has 9 heteroatoms. The second kappa shape index (κ2) is 18.0. The molecule has 270 valence electrons. The summed E-state index contributed by atoms with van der Waals surface area (Å²) >= 11 is 0. The molecule has 0 aliphatic carbocycles. The first-order chi connectivity index (χ1) is 23.8. The number of hydrogen-bond acceptors (Lipinski definition) is 5. The molecule has 0 aromatic heterocycles. The Morgan fingerprint density at radius 1 is 0.860 bits per heavy atom. The number of urea groups is 1. The number of carbonyl (C=O) groups excluding carboxylic acids is 3. The van der Waals surface area contributed by atoms with Crippen molar-refractivity contribution in [2.45, 2.75) is 104 Å². The number of ether oxygens (including phenoxy) is 2. The standard InChI is InChI=1S/C41H56N4O5/c1-28(2)37(45-23-15-22-42-40(45)48)39(47)43-33(24-31-18-10-8-11-19-31)26-35(50-41(5,6)7)34(25-32-20-12-9-13-21-32)44-36(46)27-49-38-29(3)16-14-17-30(38)4/h8-14,16-21,28,33-35,37H,15,22-27H2,1-7H3,(H,42,48)(H,43,47)(H,44,46)/t33-,34-,35-,37-/m0/s1. The normalized spacial score (nSPS) is 15.8. The second-order valence-corrected chi connectivity index (χ2v) is 14.7. The molecular weight excluding hydrogens is 628 g/mol. The first-order valence-corrected chi connectivity index (χ1v) is 17.9. The summed E-state index contributed by atoms with van der Waals surface area (Å²) in [6, 6.07) is 24.3. The van der Waals surface area contributed by atoms with Crippen molar-refractivity contribution >= 4 is 17.8 Å². The topological polar surface area (TPSA) is 109 Å². The number of hydrogen-bond donors (Lipinski definition) is 3. The average Bonchev–Trinajstić information content (AvgIpc) is 3.05. The summed E-state index contributed by atoms with van der Waals surface area (Å²) in [7, 11) is 0. The van der Waals surface area contributed by atoms with Crippen LogP contribution in [-0.2, 0) is 27.2 Å². The van der Waals surface area contributed by atoms with E-state index >= 15 is 0 Å². The number of para-hydroxylation sites is 1. The lowest BCUT2D eigenvalue weighted by Crippen LogP contribution is -2.59. The van der Waals surface area contributed by atoms with Crippen molar-refractivity contribution < 1.29 is 23.9 Å². The van der Waals surface area contributed by atoms with Gasteiger partial charge in [0.2, 0.25) is 5.91 Å². The second-order valence-electron chi connectivity index (χ2n) is 14.7. The summed E-state index contributed by atoms with van der Waals surface area (Å²) in [6.07, 6.45) is 1.79. The molecule has 4 atom stereocenters. The van der Waals surface area contributed by atoms with Crippen molar-refractivity contribution in [3.8, 4) is 5.75 Å². The van der Waals surface area contributed by atoms with Crippen LogP contribution in [0, 0.1) is 19.8 Å². The van der Waals surface area contributed by atoms with E-state index in [1.807, 2.05) is 127 Å². The largest absolute Gasteiger partial charge is 0.483 e. The number of benzene rings is 3. The molecule has 1 aliphatic rings. The molecule has 0 unspecified atom stereocenters. The minimum absolute atomic E-state index is 0.0974. The van der Waals surface area contributed by atoms with Crippen LogP contribution < -0.4 is 20.7 Å². The van der Waals surface area contributed by atoms with Gasteiger partial charge in [0.15, 0.2) is 6.61 Å². The summed E-state index contributed by atoms with van der Waals surface area (Å²) in [6.45, 7) is 14.9. The highest BCUT2D eigenvalue weighted by molar-refractivity contribution is 5.87. The van der Waals surface area contributed by atoms with Crippen LogP contribution in [0.15, 0.2) is 78.9 Å². The smallest absolute Gasteiger partial charge is 0.318 e. The van der Waals surface area contributed by atoms with Crippen LogP contribution in [-0.4, -0.2) is 72.3 Å². The molecule has 0 saturated carbocycles. The van der Waals surface area contributed by atoms with E-state index in [1.165, 1.54) is 0 Å². The molecule has 3 aromatic carbocycles. The van der Waals surface area contributed by atoms with Crippen molar-refractivity contribution in [3.05, 3.63) is 101 Å². The van der Waals surface area contributed by atoms with E-state index in [0.717, 1.165) is 28.7 Å². The van der Waals surface area contributed by atoms with Gasteiger partial charge in [-0.25, -0.2) is 4.79 Å². The van der Waals surface area contributed by atoms with Crippen molar-refractivity contribution in [2.75, 3.05) is 19.7 Å². The fraction of sp³-hybridized carbons (Fsp3) is 0.488. The molecule has 4 rings (SSSR count). The Kier molecular flexibility index (Phi) is 13.9. The van der Waals surface area contributed by atoms with Crippen LogP contribution in [0.1, 0.15) is 69.7 Å². The third-order valence-electron chi connectivity index (χ3n) is 8.89. The Bertz CT molecular complexity index is 1520. The molecule has 0 radical (unpaired) electrons. The van der Waals surface area contributed by atoms with Gasteiger partial charge in [-0.3, -0.25) is 9.59 Å². The Morgan fingerprint density at radius 3 is 2.02 bits per heavy atom. The zero-order valence-corrected chi connectivity index (χ0v) is 30.8. The van der Waals surface area contributed by atoms with Gasteiger partial charge < -0.3 is 30.3 Å². The van der Waals surface area contributed by atoms with E-state index in [4.69, 9.17) is 9.47 Å². The maximum atomic E-state index is 14.2. The van der Waals surface area contributed by atoms with Gasteiger partial charge in [0, 0.05) is 19.1 Å². The molecule has 9 nitrogen and oxygen atoms in total. The van der Waals surface area contributed by atoms with Gasteiger partial charge in [0.25, 0.3) is 5.91 Å². The monoisotopic (exact) mass is 684 g/mol. The SMILES string of the molecule is Cc1cccc(C)c1OCC(=O)N[C@@H](Cc1ccccc1)[C@H](C[C@H](Cc1ccccc1)NC(=O)[C@H](C(C)C)N1CCCNC1=O)OC(C)(C)C. The number of rotatable bonds is 16. The maximum absolute atomic E-state index is 14.2. The van der Waals surface area contributed by atoms with Crippen LogP contribution >= 0.6 is 0 Å². The average molecular weight is 685 g/mol. The Morgan fingerprint density at radius 2 is 1.46 bits per heavy atom. The van der Waals surface area contributed by atoms with Crippen molar-refractivity contribution in [1.29, 1.82) is 0 Å². The highest BCUT2D eigenvalue weighted by Gasteiger charge is 2.37. The lowest BCUT2D eigenvalue weighted by molar-refractivity contribution is -0.131. The third-order valence-corrected chi connectivity index (χ3v) is 8.89. The zero-order valence-electron chi connectivity index (χ0n) is 30.8. The van der Waals surface area contributed by atoms with Gasteiger partial charge in [0.1, 0.15) is 11.8 Å². The molecule has 1 fully saturated rings. The highest BCUT2D eigenvalue weighted by Crippen LogP contribution is 2.24. The number of nitrogens with one attached hydrogen (secondary N) is 3. The molecule has 1 saturated heterocycles. The van der Waals surface area contributed by atoms with E-state index in [0.29, 0.717) is 38.1 Å². The quantitative estimate of drug-likeness (QED) is 0.168. The molecule has 1 aliphatic heterocycles. The van der Waals surface area contributed by atoms with Crippen LogP contribution in [0.4, 0.5) is 4.79 Å². The molecule has 1 heterocycles. The molecule has 0 spiro atoms. The fourth-order valence-electron chi connectivity index (χ4n) is 6.68. The van der Waals surface area contributed by atoms with E-state index in [2.05, 4.69) is 16.0 Å². The summed E-state index contributed by atoms with van der Waals surface area (Å²) in [4.78, 5) is 42.3. The lowest BCUT2D eigenvalue weighted by Gasteiger charge is -2.38. The van der Waals surface area contributed by atoms with Gasteiger partial charge in [-0.05, 0) is 88.5 Å². The lowest BCUT2D eigenvalue weighted by atomic mass is 9.92.